The van der Waals surface area contributed by atoms with Gasteiger partial charge in [0.1, 0.15) is 11.5 Å². The van der Waals surface area contributed by atoms with Crippen molar-refractivity contribution >= 4 is 17.4 Å². The molecule has 0 aliphatic heterocycles. The summed E-state index contributed by atoms with van der Waals surface area (Å²) in [5.74, 6) is -0.0819. The SMILES string of the molecule is Cc1c(NC(=O)c2ccccc2)nc2ccc(-c3cn(C)nc3-c3ccc(F)cc3)nn12. The lowest BCUT2D eigenvalue weighted by Crippen LogP contribution is -2.12. The van der Waals surface area contributed by atoms with Crippen LogP contribution in [0.5, 0.6) is 0 Å². The van der Waals surface area contributed by atoms with Crippen LogP contribution in [0.3, 0.4) is 0 Å². The number of benzene rings is 2. The van der Waals surface area contributed by atoms with Gasteiger partial charge in [-0.15, -0.1) is 0 Å². The number of carbonyl (C=O) groups excluding carboxylic acids is 1. The quantitative estimate of drug-likeness (QED) is 0.459. The molecule has 158 valence electrons. The molecule has 0 bridgehead atoms. The predicted octanol–water partition coefficient (Wildman–Crippen LogP) is 4.50. The molecule has 0 spiro atoms. The Kier molecular flexibility index (Phi) is 4.74. The number of hydrogen-bond donors (Lipinski definition) is 1. The summed E-state index contributed by atoms with van der Waals surface area (Å²) < 4.78 is 16.8. The van der Waals surface area contributed by atoms with Crippen LogP contribution in [0.25, 0.3) is 28.2 Å². The number of nitrogens with one attached hydrogen (secondary N) is 1. The Hall–Kier alpha value is -4.33. The van der Waals surface area contributed by atoms with Crippen molar-refractivity contribution in [1.82, 2.24) is 24.4 Å². The van der Waals surface area contributed by atoms with E-state index in [-0.39, 0.29) is 11.7 Å². The van der Waals surface area contributed by atoms with Crippen LogP contribution in [-0.2, 0) is 7.05 Å². The molecule has 0 saturated carbocycles. The monoisotopic (exact) mass is 426 g/mol. The third kappa shape index (κ3) is 3.51. The topological polar surface area (TPSA) is 77.1 Å². The van der Waals surface area contributed by atoms with Gasteiger partial charge in [0.15, 0.2) is 11.5 Å². The summed E-state index contributed by atoms with van der Waals surface area (Å²) in [7, 11) is 1.83. The van der Waals surface area contributed by atoms with E-state index in [1.807, 2.05) is 50.5 Å². The first-order chi connectivity index (χ1) is 15.5. The zero-order chi connectivity index (χ0) is 22.2. The lowest BCUT2D eigenvalue weighted by Gasteiger charge is -2.04. The van der Waals surface area contributed by atoms with Crippen LogP contribution in [0.2, 0.25) is 0 Å². The average Bonchev–Trinajstić information content (AvgIpc) is 3.34. The Balaban J connectivity index is 1.53. The smallest absolute Gasteiger partial charge is 0.256 e. The van der Waals surface area contributed by atoms with Gasteiger partial charge in [0.2, 0.25) is 0 Å². The highest BCUT2D eigenvalue weighted by Gasteiger charge is 2.17. The second-order valence-electron chi connectivity index (χ2n) is 7.43. The minimum absolute atomic E-state index is 0.233. The minimum atomic E-state index is -0.301. The number of aromatic nitrogens is 5. The summed E-state index contributed by atoms with van der Waals surface area (Å²) in [5.41, 5.74) is 4.87. The molecule has 5 aromatic rings. The van der Waals surface area contributed by atoms with Crippen LogP contribution in [-0.4, -0.2) is 30.3 Å². The van der Waals surface area contributed by atoms with E-state index in [1.54, 1.807) is 33.5 Å². The zero-order valence-electron chi connectivity index (χ0n) is 17.5. The van der Waals surface area contributed by atoms with Crippen molar-refractivity contribution in [2.45, 2.75) is 6.92 Å². The normalized spacial score (nSPS) is 11.1. The van der Waals surface area contributed by atoms with Crippen LogP contribution < -0.4 is 5.32 Å². The Labute approximate surface area is 183 Å². The summed E-state index contributed by atoms with van der Waals surface area (Å²) in [6.07, 6.45) is 1.87. The van der Waals surface area contributed by atoms with Gasteiger partial charge in [0.25, 0.3) is 5.91 Å². The van der Waals surface area contributed by atoms with E-state index in [0.717, 1.165) is 11.1 Å². The number of fused-ring (bicyclic) bond motifs is 1. The first-order valence-corrected chi connectivity index (χ1v) is 10.0. The van der Waals surface area contributed by atoms with E-state index in [9.17, 15) is 9.18 Å². The van der Waals surface area contributed by atoms with Crippen LogP contribution in [0.4, 0.5) is 10.2 Å². The van der Waals surface area contributed by atoms with E-state index >= 15 is 0 Å². The van der Waals surface area contributed by atoms with Gasteiger partial charge in [-0.05, 0) is 55.5 Å². The minimum Gasteiger partial charge on any atom is -0.305 e. The summed E-state index contributed by atoms with van der Waals surface area (Å²) in [6.45, 7) is 1.85. The molecular formula is C24H19FN6O. The molecule has 3 heterocycles. The molecule has 3 aromatic heterocycles. The highest BCUT2D eigenvalue weighted by molar-refractivity contribution is 6.04. The maximum absolute atomic E-state index is 13.4. The van der Waals surface area contributed by atoms with Gasteiger partial charge in [-0.1, -0.05) is 18.2 Å². The maximum atomic E-state index is 13.4. The van der Waals surface area contributed by atoms with Crippen molar-refractivity contribution in [2.75, 3.05) is 5.32 Å². The Morgan fingerprint density at radius 2 is 1.72 bits per heavy atom. The Bertz CT molecular complexity index is 1440. The molecule has 1 amide bonds. The molecule has 0 atom stereocenters. The van der Waals surface area contributed by atoms with Crippen molar-refractivity contribution in [3.8, 4) is 22.5 Å². The van der Waals surface area contributed by atoms with Gasteiger partial charge >= 0.3 is 0 Å². The lowest BCUT2D eigenvalue weighted by atomic mass is 10.1. The molecule has 1 N–H and O–H groups in total. The van der Waals surface area contributed by atoms with Gasteiger partial charge in [-0.25, -0.2) is 13.9 Å². The van der Waals surface area contributed by atoms with Gasteiger partial charge in [0.05, 0.1) is 11.4 Å². The predicted molar refractivity (Wildman–Crippen MR) is 120 cm³/mol. The average molecular weight is 426 g/mol. The highest BCUT2D eigenvalue weighted by atomic mass is 19.1. The van der Waals surface area contributed by atoms with Crippen molar-refractivity contribution in [1.29, 1.82) is 0 Å². The first-order valence-electron chi connectivity index (χ1n) is 10.0. The van der Waals surface area contributed by atoms with Gasteiger partial charge < -0.3 is 5.32 Å². The number of rotatable bonds is 4. The summed E-state index contributed by atoms with van der Waals surface area (Å²) in [4.78, 5) is 17.1. The number of carbonyl (C=O) groups is 1. The summed E-state index contributed by atoms with van der Waals surface area (Å²) in [5, 5.41) is 12.1. The van der Waals surface area contributed by atoms with Crippen molar-refractivity contribution < 1.29 is 9.18 Å². The van der Waals surface area contributed by atoms with Gasteiger partial charge in [0, 0.05) is 29.9 Å². The largest absolute Gasteiger partial charge is 0.305 e. The number of imidazole rings is 1. The molecule has 0 fully saturated rings. The van der Waals surface area contributed by atoms with Crippen LogP contribution in [0.1, 0.15) is 16.1 Å². The molecule has 0 radical (unpaired) electrons. The fourth-order valence-corrected chi connectivity index (χ4v) is 3.57. The van der Waals surface area contributed by atoms with E-state index in [2.05, 4.69) is 15.4 Å². The second-order valence-corrected chi connectivity index (χ2v) is 7.43. The van der Waals surface area contributed by atoms with E-state index in [0.29, 0.717) is 34.1 Å². The van der Waals surface area contributed by atoms with Gasteiger partial charge in [-0.2, -0.15) is 10.2 Å². The number of amides is 1. The van der Waals surface area contributed by atoms with Crippen molar-refractivity contribution in [3.05, 3.63) is 90.0 Å². The Morgan fingerprint density at radius 3 is 2.47 bits per heavy atom. The van der Waals surface area contributed by atoms with Crippen LogP contribution in [0, 0.1) is 12.7 Å². The number of hydrogen-bond acceptors (Lipinski definition) is 4. The van der Waals surface area contributed by atoms with Gasteiger partial charge in [-0.3, -0.25) is 9.48 Å². The zero-order valence-corrected chi connectivity index (χ0v) is 17.5. The van der Waals surface area contributed by atoms with E-state index in [1.165, 1.54) is 12.1 Å². The van der Waals surface area contributed by atoms with E-state index in [4.69, 9.17) is 5.10 Å². The fourth-order valence-electron chi connectivity index (χ4n) is 3.57. The molecule has 0 aliphatic carbocycles. The highest BCUT2D eigenvalue weighted by Crippen LogP contribution is 2.30. The molecule has 7 nitrogen and oxygen atoms in total. The van der Waals surface area contributed by atoms with E-state index < -0.39 is 0 Å². The van der Waals surface area contributed by atoms with Crippen LogP contribution in [0.15, 0.2) is 72.9 Å². The molecule has 2 aromatic carbocycles. The molecule has 5 rings (SSSR count). The third-order valence-corrected chi connectivity index (χ3v) is 5.19. The fraction of sp³-hybridized carbons (Fsp3) is 0.0833. The molecule has 0 saturated heterocycles. The van der Waals surface area contributed by atoms with Crippen molar-refractivity contribution in [2.24, 2.45) is 7.05 Å². The second kappa shape index (κ2) is 7.73. The number of anilines is 1. The number of halogens is 1. The first kappa shape index (κ1) is 19.6. The molecule has 0 unspecified atom stereocenters. The molecule has 8 heteroatoms. The molecule has 32 heavy (non-hydrogen) atoms. The van der Waals surface area contributed by atoms with Crippen molar-refractivity contribution in [3.63, 3.8) is 0 Å². The Morgan fingerprint density at radius 1 is 0.969 bits per heavy atom. The standard InChI is InChI=1S/C24H19FN6O/c1-15-23(27-24(32)17-6-4-3-5-7-17)26-21-13-12-20(28-31(15)21)19-14-30(2)29-22(19)16-8-10-18(25)11-9-16/h3-14H,1-2H3,(H,27,32). The summed E-state index contributed by atoms with van der Waals surface area (Å²) >= 11 is 0. The molecule has 0 aliphatic rings. The number of nitrogens with zero attached hydrogens (tertiary/aromatic N) is 5. The molecular weight excluding hydrogens is 407 g/mol. The summed E-state index contributed by atoms with van der Waals surface area (Å²) in [6, 6.07) is 18.9. The number of aryl methyl sites for hydroxylation is 2. The third-order valence-electron chi connectivity index (χ3n) is 5.19. The lowest BCUT2D eigenvalue weighted by molar-refractivity contribution is 0.102. The van der Waals surface area contributed by atoms with Crippen LogP contribution >= 0.6 is 0 Å². The maximum Gasteiger partial charge on any atom is 0.256 e.